The van der Waals surface area contributed by atoms with Crippen molar-refractivity contribution in [2.45, 2.75) is 12.3 Å². The Kier molecular flexibility index (Phi) is 1.54. The largest absolute Gasteiger partial charge is 0.490 e. The van der Waals surface area contributed by atoms with Gasteiger partial charge in [0.25, 0.3) is 0 Å². The monoisotopic (exact) mass is 177 g/mol. The number of ether oxygens (including phenoxy) is 2. The zero-order valence-corrected chi connectivity index (χ0v) is 7.19. The molecular formula is C10H11NO2. The number of para-hydroxylation sites is 1. The Labute approximate surface area is 76.7 Å². The molecule has 1 aromatic carbocycles. The van der Waals surface area contributed by atoms with Crippen molar-refractivity contribution in [1.29, 1.82) is 0 Å². The van der Waals surface area contributed by atoms with E-state index in [1.54, 1.807) is 0 Å². The predicted molar refractivity (Wildman–Crippen MR) is 47.6 cm³/mol. The molecule has 1 aromatic rings. The SMILES string of the molecule is c1ccc2c(c1)OCC1CNC2O1. The van der Waals surface area contributed by atoms with Gasteiger partial charge in [-0.05, 0) is 6.07 Å². The Morgan fingerprint density at radius 1 is 1.31 bits per heavy atom. The van der Waals surface area contributed by atoms with Gasteiger partial charge in [-0.25, -0.2) is 0 Å². The maximum atomic E-state index is 5.71. The van der Waals surface area contributed by atoms with Crippen LogP contribution in [-0.2, 0) is 4.74 Å². The van der Waals surface area contributed by atoms with Crippen LogP contribution < -0.4 is 10.1 Å². The van der Waals surface area contributed by atoms with Crippen molar-refractivity contribution in [3.63, 3.8) is 0 Å². The smallest absolute Gasteiger partial charge is 0.138 e. The minimum Gasteiger partial charge on any atom is -0.490 e. The lowest BCUT2D eigenvalue weighted by Crippen LogP contribution is -2.23. The normalized spacial score (nSPS) is 30.5. The topological polar surface area (TPSA) is 30.5 Å². The zero-order valence-electron chi connectivity index (χ0n) is 7.19. The maximum Gasteiger partial charge on any atom is 0.138 e. The third-order valence-corrected chi connectivity index (χ3v) is 2.49. The molecule has 1 saturated heterocycles. The molecule has 0 aromatic heterocycles. The first-order chi connectivity index (χ1) is 6.43. The van der Waals surface area contributed by atoms with E-state index in [1.165, 1.54) is 0 Å². The van der Waals surface area contributed by atoms with Crippen molar-refractivity contribution in [2.24, 2.45) is 0 Å². The van der Waals surface area contributed by atoms with Crippen molar-refractivity contribution in [2.75, 3.05) is 13.2 Å². The standard InChI is InChI=1S/C10H11NO2/c1-2-4-9-8(3-1)10-11-5-7(13-10)6-12-9/h1-4,7,10-11H,5-6H2. The summed E-state index contributed by atoms with van der Waals surface area (Å²) in [4.78, 5) is 0. The predicted octanol–water partition coefficient (Wildman–Crippen LogP) is 1.07. The third-order valence-electron chi connectivity index (χ3n) is 2.49. The molecule has 2 aliphatic heterocycles. The number of hydrogen-bond acceptors (Lipinski definition) is 3. The summed E-state index contributed by atoms with van der Waals surface area (Å²) in [7, 11) is 0. The lowest BCUT2D eigenvalue weighted by atomic mass is 10.2. The molecule has 2 unspecified atom stereocenters. The van der Waals surface area contributed by atoms with E-state index >= 15 is 0 Å². The minimum atomic E-state index is 0.0312. The number of rotatable bonds is 0. The van der Waals surface area contributed by atoms with E-state index in [2.05, 4.69) is 5.32 Å². The number of nitrogens with one attached hydrogen (secondary N) is 1. The first-order valence-corrected chi connectivity index (χ1v) is 4.54. The zero-order chi connectivity index (χ0) is 8.67. The molecule has 2 atom stereocenters. The highest BCUT2D eigenvalue weighted by Gasteiger charge is 2.31. The molecule has 0 saturated carbocycles. The Morgan fingerprint density at radius 2 is 2.23 bits per heavy atom. The van der Waals surface area contributed by atoms with E-state index in [0.717, 1.165) is 17.9 Å². The van der Waals surface area contributed by atoms with E-state index in [9.17, 15) is 0 Å². The minimum absolute atomic E-state index is 0.0312. The van der Waals surface area contributed by atoms with E-state index in [1.807, 2.05) is 24.3 Å². The van der Waals surface area contributed by atoms with Gasteiger partial charge >= 0.3 is 0 Å². The fraction of sp³-hybridized carbons (Fsp3) is 0.400. The second kappa shape index (κ2) is 2.72. The van der Waals surface area contributed by atoms with Crippen LogP contribution >= 0.6 is 0 Å². The van der Waals surface area contributed by atoms with Gasteiger partial charge < -0.3 is 9.47 Å². The molecule has 1 fully saturated rings. The van der Waals surface area contributed by atoms with Crippen LogP contribution in [0.4, 0.5) is 0 Å². The molecule has 3 heteroatoms. The molecular weight excluding hydrogens is 166 g/mol. The van der Waals surface area contributed by atoms with E-state index in [-0.39, 0.29) is 12.3 Å². The van der Waals surface area contributed by atoms with Crippen molar-refractivity contribution in [3.05, 3.63) is 29.8 Å². The van der Waals surface area contributed by atoms with Crippen molar-refractivity contribution < 1.29 is 9.47 Å². The van der Waals surface area contributed by atoms with Gasteiger partial charge in [-0.3, -0.25) is 5.32 Å². The van der Waals surface area contributed by atoms with E-state index in [0.29, 0.717) is 6.61 Å². The van der Waals surface area contributed by atoms with Gasteiger partial charge in [-0.1, -0.05) is 18.2 Å². The lowest BCUT2D eigenvalue weighted by molar-refractivity contribution is 0.0309. The summed E-state index contributed by atoms with van der Waals surface area (Å²) in [5.74, 6) is 0.946. The summed E-state index contributed by atoms with van der Waals surface area (Å²) in [6.45, 7) is 1.54. The highest BCUT2D eigenvalue weighted by Crippen LogP contribution is 2.32. The van der Waals surface area contributed by atoms with Crippen LogP contribution in [0.3, 0.4) is 0 Å². The highest BCUT2D eigenvalue weighted by molar-refractivity contribution is 5.36. The summed E-state index contributed by atoms with van der Waals surface area (Å²) in [5, 5.41) is 3.31. The van der Waals surface area contributed by atoms with Crippen LogP contribution in [0.5, 0.6) is 5.75 Å². The Bertz CT molecular complexity index is 326. The molecule has 0 radical (unpaired) electrons. The molecule has 2 heterocycles. The lowest BCUT2D eigenvalue weighted by Gasteiger charge is -2.12. The molecule has 2 bridgehead atoms. The van der Waals surface area contributed by atoms with Gasteiger partial charge in [0.15, 0.2) is 0 Å². The third kappa shape index (κ3) is 1.12. The van der Waals surface area contributed by atoms with Gasteiger partial charge in [0, 0.05) is 12.1 Å². The second-order valence-corrected chi connectivity index (χ2v) is 3.40. The fourth-order valence-corrected chi connectivity index (χ4v) is 1.82. The van der Waals surface area contributed by atoms with Gasteiger partial charge in [0.05, 0.1) is 0 Å². The van der Waals surface area contributed by atoms with Gasteiger partial charge in [0.2, 0.25) is 0 Å². The average Bonchev–Trinajstić information content (AvgIpc) is 2.54. The van der Waals surface area contributed by atoms with Crippen LogP contribution in [0, 0.1) is 0 Å². The molecule has 0 spiro atoms. The highest BCUT2D eigenvalue weighted by atomic mass is 16.6. The average molecular weight is 177 g/mol. The van der Waals surface area contributed by atoms with Gasteiger partial charge in [-0.2, -0.15) is 0 Å². The molecule has 13 heavy (non-hydrogen) atoms. The van der Waals surface area contributed by atoms with Crippen LogP contribution in [0.25, 0.3) is 0 Å². The van der Waals surface area contributed by atoms with Gasteiger partial charge in [0.1, 0.15) is 24.7 Å². The molecule has 2 aliphatic rings. The number of hydrogen-bond donors (Lipinski definition) is 1. The molecule has 68 valence electrons. The molecule has 0 aliphatic carbocycles. The summed E-state index contributed by atoms with van der Waals surface area (Å²) >= 11 is 0. The van der Waals surface area contributed by atoms with Crippen LogP contribution in [0.15, 0.2) is 24.3 Å². The van der Waals surface area contributed by atoms with Crippen LogP contribution in [0.1, 0.15) is 11.8 Å². The molecule has 3 rings (SSSR count). The Balaban J connectivity index is 2.07. The maximum absolute atomic E-state index is 5.71. The summed E-state index contributed by atoms with van der Waals surface area (Å²) in [6, 6.07) is 8.02. The number of benzene rings is 1. The van der Waals surface area contributed by atoms with E-state index in [4.69, 9.17) is 9.47 Å². The quantitative estimate of drug-likeness (QED) is 0.643. The first-order valence-electron chi connectivity index (χ1n) is 4.54. The van der Waals surface area contributed by atoms with E-state index < -0.39 is 0 Å². The second-order valence-electron chi connectivity index (χ2n) is 3.40. The van der Waals surface area contributed by atoms with Gasteiger partial charge in [-0.15, -0.1) is 0 Å². The Morgan fingerprint density at radius 3 is 3.23 bits per heavy atom. The molecule has 1 N–H and O–H groups in total. The van der Waals surface area contributed by atoms with Crippen molar-refractivity contribution >= 4 is 0 Å². The fourth-order valence-electron chi connectivity index (χ4n) is 1.82. The Hall–Kier alpha value is -1.06. The number of fused-ring (bicyclic) bond motifs is 4. The van der Waals surface area contributed by atoms with Crippen molar-refractivity contribution in [1.82, 2.24) is 5.32 Å². The first kappa shape index (κ1) is 7.35. The molecule has 3 nitrogen and oxygen atoms in total. The van der Waals surface area contributed by atoms with Crippen molar-refractivity contribution in [3.8, 4) is 5.75 Å². The molecule has 0 amide bonds. The summed E-state index contributed by atoms with van der Waals surface area (Å²) < 4.78 is 11.3. The summed E-state index contributed by atoms with van der Waals surface area (Å²) in [6.07, 6.45) is 0.237. The van der Waals surface area contributed by atoms with Crippen LogP contribution in [0.2, 0.25) is 0 Å². The van der Waals surface area contributed by atoms with Crippen LogP contribution in [-0.4, -0.2) is 19.3 Å². The summed E-state index contributed by atoms with van der Waals surface area (Å²) in [5.41, 5.74) is 1.11.